The third-order valence-electron chi connectivity index (χ3n) is 2.34. The quantitative estimate of drug-likeness (QED) is 0.632. The summed E-state index contributed by atoms with van der Waals surface area (Å²) in [6, 6.07) is 6.38. The second-order valence-corrected chi connectivity index (χ2v) is 4.35. The van der Waals surface area contributed by atoms with Crippen LogP contribution in [0.2, 0.25) is 0 Å². The van der Waals surface area contributed by atoms with E-state index < -0.39 is 0 Å². The number of hydrogen-bond donors (Lipinski definition) is 2. The van der Waals surface area contributed by atoms with E-state index in [9.17, 15) is 4.39 Å². The first-order valence-electron chi connectivity index (χ1n) is 4.90. The Morgan fingerprint density at radius 3 is 2.88 bits per heavy atom. The normalized spacial score (nSPS) is 12.6. The van der Waals surface area contributed by atoms with E-state index in [0.717, 1.165) is 5.01 Å². The van der Waals surface area contributed by atoms with Gasteiger partial charge in [0, 0.05) is 23.6 Å². The number of thiazole rings is 1. The van der Waals surface area contributed by atoms with Gasteiger partial charge in [-0.25, -0.2) is 9.37 Å². The fourth-order valence-electron chi connectivity index (χ4n) is 1.54. The molecule has 1 heterocycles. The number of hydrazine groups is 1. The molecule has 0 aliphatic carbocycles. The van der Waals surface area contributed by atoms with E-state index >= 15 is 0 Å². The molecule has 3 nitrogen and oxygen atoms in total. The fourth-order valence-corrected chi connectivity index (χ4v) is 2.21. The lowest BCUT2D eigenvalue weighted by Crippen LogP contribution is -2.30. The predicted octanol–water partition coefficient (Wildman–Crippen LogP) is 2.03. The van der Waals surface area contributed by atoms with Crippen molar-refractivity contribution in [3.63, 3.8) is 0 Å². The number of aromatic nitrogens is 1. The summed E-state index contributed by atoms with van der Waals surface area (Å²) in [4.78, 5) is 4.16. The zero-order chi connectivity index (χ0) is 11.4. The highest BCUT2D eigenvalue weighted by Crippen LogP contribution is 2.21. The van der Waals surface area contributed by atoms with Gasteiger partial charge in [-0.1, -0.05) is 18.2 Å². The van der Waals surface area contributed by atoms with Crippen molar-refractivity contribution in [3.8, 4) is 0 Å². The smallest absolute Gasteiger partial charge is 0.128 e. The van der Waals surface area contributed by atoms with E-state index in [-0.39, 0.29) is 11.9 Å². The average molecular weight is 237 g/mol. The Hall–Kier alpha value is -1.30. The lowest BCUT2D eigenvalue weighted by atomic mass is 10.0. The number of rotatable bonds is 4. The summed E-state index contributed by atoms with van der Waals surface area (Å²) in [6.45, 7) is 0. The Morgan fingerprint density at radius 2 is 2.25 bits per heavy atom. The zero-order valence-corrected chi connectivity index (χ0v) is 9.38. The molecule has 0 aliphatic heterocycles. The molecule has 0 aliphatic rings. The Morgan fingerprint density at radius 1 is 1.44 bits per heavy atom. The molecule has 0 radical (unpaired) electrons. The van der Waals surface area contributed by atoms with E-state index in [1.54, 1.807) is 24.4 Å². The van der Waals surface area contributed by atoms with Crippen molar-refractivity contribution >= 4 is 11.3 Å². The van der Waals surface area contributed by atoms with Crippen LogP contribution >= 0.6 is 11.3 Å². The molecule has 0 spiro atoms. The molecule has 1 aromatic heterocycles. The second kappa shape index (κ2) is 5.16. The number of hydrogen-bond acceptors (Lipinski definition) is 4. The highest BCUT2D eigenvalue weighted by atomic mass is 32.1. The Balaban J connectivity index is 2.20. The van der Waals surface area contributed by atoms with Gasteiger partial charge in [-0.3, -0.25) is 11.3 Å². The van der Waals surface area contributed by atoms with Gasteiger partial charge in [0.05, 0.1) is 11.0 Å². The average Bonchev–Trinajstić information content (AvgIpc) is 2.80. The molecule has 1 atom stereocenters. The van der Waals surface area contributed by atoms with E-state index in [4.69, 9.17) is 5.84 Å². The van der Waals surface area contributed by atoms with Gasteiger partial charge in [-0.2, -0.15) is 0 Å². The monoisotopic (exact) mass is 237 g/mol. The van der Waals surface area contributed by atoms with E-state index in [0.29, 0.717) is 12.0 Å². The minimum atomic E-state index is -0.248. The Bertz CT molecular complexity index is 444. The first-order valence-corrected chi connectivity index (χ1v) is 5.78. The molecule has 84 valence electrons. The van der Waals surface area contributed by atoms with Crippen LogP contribution in [0, 0.1) is 5.82 Å². The topological polar surface area (TPSA) is 50.9 Å². The fraction of sp³-hybridized carbons (Fsp3) is 0.182. The van der Waals surface area contributed by atoms with Gasteiger partial charge in [0.15, 0.2) is 0 Å². The van der Waals surface area contributed by atoms with Crippen LogP contribution in [0.15, 0.2) is 35.8 Å². The van der Waals surface area contributed by atoms with Crippen LogP contribution in [0.25, 0.3) is 0 Å². The summed E-state index contributed by atoms with van der Waals surface area (Å²) in [5.74, 6) is 5.20. The SMILES string of the molecule is NNC(Cc1nccs1)c1ccccc1F. The summed E-state index contributed by atoms with van der Waals surface area (Å²) in [6.07, 6.45) is 2.32. The van der Waals surface area contributed by atoms with Crippen LogP contribution in [0.4, 0.5) is 4.39 Å². The lowest BCUT2D eigenvalue weighted by Gasteiger charge is -2.15. The number of nitrogens with one attached hydrogen (secondary N) is 1. The molecule has 0 amide bonds. The molecular formula is C11H12FN3S. The van der Waals surface area contributed by atoms with Crippen LogP contribution < -0.4 is 11.3 Å². The van der Waals surface area contributed by atoms with Crippen molar-refractivity contribution < 1.29 is 4.39 Å². The highest BCUT2D eigenvalue weighted by molar-refractivity contribution is 7.09. The second-order valence-electron chi connectivity index (χ2n) is 3.37. The predicted molar refractivity (Wildman–Crippen MR) is 62.3 cm³/mol. The van der Waals surface area contributed by atoms with Gasteiger partial charge in [-0.05, 0) is 6.07 Å². The number of nitrogens with zero attached hydrogens (tertiary/aromatic N) is 1. The summed E-state index contributed by atoms with van der Waals surface area (Å²) in [5.41, 5.74) is 3.19. The van der Waals surface area contributed by atoms with Gasteiger partial charge in [0.2, 0.25) is 0 Å². The van der Waals surface area contributed by atoms with Gasteiger partial charge in [-0.15, -0.1) is 11.3 Å². The standard InChI is InChI=1S/C11H12FN3S/c12-9-4-2-1-3-8(9)10(15-13)7-11-14-5-6-16-11/h1-6,10,15H,7,13H2. The van der Waals surface area contributed by atoms with Crippen LogP contribution in [0.5, 0.6) is 0 Å². The zero-order valence-electron chi connectivity index (χ0n) is 8.56. The maximum Gasteiger partial charge on any atom is 0.128 e. The molecule has 1 unspecified atom stereocenters. The molecule has 2 rings (SSSR count). The molecule has 0 bridgehead atoms. The summed E-state index contributed by atoms with van der Waals surface area (Å²) >= 11 is 1.54. The molecule has 0 saturated carbocycles. The van der Waals surface area contributed by atoms with Crippen LogP contribution in [0.1, 0.15) is 16.6 Å². The summed E-state index contributed by atoms with van der Waals surface area (Å²) in [7, 11) is 0. The Kier molecular flexibility index (Phi) is 3.61. The van der Waals surface area contributed by atoms with Gasteiger partial charge in [0.25, 0.3) is 0 Å². The molecule has 0 fully saturated rings. The minimum Gasteiger partial charge on any atom is -0.271 e. The highest BCUT2D eigenvalue weighted by Gasteiger charge is 2.15. The van der Waals surface area contributed by atoms with Crippen molar-refractivity contribution in [2.24, 2.45) is 5.84 Å². The molecule has 0 saturated heterocycles. The third-order valence-corrected chi connectivity index (χ3v) is 3.15. The first kappa shape index (κ1) is 11.2. The molecule has 2 aromatic rings. The van der Waals surface area contributed by atoms with Crippen molar-refractivity contribution in [2.45, 2.75) is 12.5 Å². The molecular weight excluding hydrogens is 225 g/mol. The molecule has 3 N–H and O–H groups in total. The minimum absolute atomic E-state index is 0.243. The summed E-state index contributed by atoms with van der Waals surface area (Å²) < 4.78 is 13.5. The number of halogens is 1. The first-order chi connectivity index (χ1) is 7.81. The maximum absolute atomic E-state index is 13.5. The van der Waals surface area contributed by atoms with Crippen molar-refractivity contribution in [3.05, 3.63) is 52.2 Å². The number of benzene rings is 1. The lowest BCUT2D eigenvalue weighted by molar-refractivity contribution is 0.510. The molecule has 16 heavy (non-hydrogen) atoms. The van der Waals surface area contributed by atoms with Gasteiger partial charge in [0.1, 0.15) is 5.82 Å². The van der Waals surface area contributed by atoms with E-state index in [2.05, 4.69) is 10.4 Å². The van der Waals surface area contributed by atoms with Crippen LogP contribution in [-0.2, 0) is 6.42 Å². The van der Waals surface area contributed by atoms with E-state index in [1.807, 2.05) is 5.38 Å². The van der Waals surface area contributed by atoms with Crippen molar-refractivity contribution in [2.75, 3.05) is 0 Å². The van der Waals surface area contributed by atoms with Crippen molar-refractivity contribution in [1.29, 1.82) is 0 Å². The van der Waals surface area contributed by atoms with Crippen molar-refractivity contribution in [1.82, 2.24) is 10.4 Å². The van der Waals surface area contributed by atoms with Crippen LogP contribution in [0.3, 0.4) is 0 Å². The largest absolute Gasteiger partial charge is 0.271 e. The molecule has 1 aromatic carbocycles. The Labute approximate surface area is 97.1 Å². The van der Waals surface area contributed by atoms with Gasteiger partial charge >= 0.3 is 0 Å². The maximum atomic E-state index is 13.5. The van der Waals surface area contributed by atoms with Gasteiger partial charge < -0.3 is 0 Å². The third kappa shape index (κ3) is 2.44. The number of nitrogens with two attached hydrogens (primary N) is 1. The van der Waals surface area contributed by atoms with Crippen LogP contribution in [-0.4, -0.2) is 4.98 Å². The molecule has 5 heteroatoms. The van der Waals surface area contributed by atoms with E-state index in [1.165, 1.54) is 17.4 Å². The summed E-state index contributed by atoms with van der Waals surface area (Å²) in [5, 5.41) is 2.83.